The van der Waals surface area contributed by atoms with Gasteiger partial charge in [0, 0.05) is 30.7 Å². The molecule has 1 aromatic carbocycles. The van der Waals surface area contributed by atoms with Gasteiger partial charge in [0.2, 0.25) is 5.91 Å². The summed E-state index contributed by atoms with van der Waals surface area (Å²) in [5.74, 6) is 0.0408. The second kappa shape index (κ2) is 4.19. The van der Waals surface area contributed by atoms with Crippen molar-refractivity contribution in [3.8, 4) is 0 Å². The van der Waals surface area contributed by atoms with Crippen LogP contribution in [0.15, 0.2) is 29.2 Å². The number of benzene rings is 1. The molecule has 1 aromatic rings. The highest BCUT2D eigenvalue weighted by atomic mass is 35.7. The van der Waals surface area contributed by atoms with Gasteiger partial charge in [-0.25, -0.2) is 8.42 Å². The van der Waals surface area contributed by atoms with E-state index in [1.807, 2.05) is 0 Å². The molecule has 7 heteroatoms. The number of carbonyl (C=O) groups excluding carboxylic acids is 1. The van der Waals surface area contributed by atoms with Crippen LogP contribution in [0.4, 0.5) is 5.69 Å². The number of halogens is 1. The first kappa shape index (κ1) is 12.2. The Hall–Kier alpha value is -1.27. The van der Waals surface area contributed by atoms with Crippen molar-refractivity contribution in [1.82, 2.24) is 5.01 Å². The maximum atomic E-state index is 11.4. The zero-order valence-corrected chi connectivity index (χ0v) is 10.7. The lowest BCUT2D eigenvalue weighted by atomic mass is 10.3. The molecule has 5 nitrogen and oxygen atoms in total. The minimum absolute atomic E-state index is 0.0408. The van der Waals surface area contributed by atoms with Crippen LogP contribution < -0.4 is 5.01 Å². The maximum absolute atomic E-state index is 11.4. The van der Waals surface area contributed by atoms with Gasteiger partial charge < -0.3 is 0 Å². The van der Waals surface area contributed by atoms with Crippen molar-refractivity contribution in [2.45, 2.75) is 11.3 Å². The molecule has 0 atom stereocenters. The fourth-order valence-electron chi connectivity index (χ4n) is 1.73. The smallest absolute Gasteiger partial charge is 0.261 e. The minimum Gasteiger partial charge on any atom is -0.283 e. The van der Waals surface area contributed by atoms with Crippen molar-refractivity contribution in [2.75, 3.05) is 18.6 Å². The molecule has 1 aliphatic heterocycles. The number of carbonyl (C=O) groups is 1. The van der Waals surface area contributed by atoms with E-state index in [0.29, 0.717) is 13.0 Å². The number of amides is 1. The van der Waals surface area contributed by atoms with Gasteiger partial charge >= 0.3 is 0 Å². The second-order valence-electron chi connectivity index (χ2n) is 3.72. The van der Waals surface area contributed by atoms with Crippen LogP contribution in [0.5, 0.6) is 0 Å². The molecular weight excluding hydrogens is 264 g/mol. The van der Waals surface area contributed by atoms with E-state index in [2.05, 4.69) is 0 Å². The van der Waals surface area contributed by atoms with Crippen molar-refractivity contribution in [1.29, 1.82) is 0 Å². The molecule has 0 spiro atoms. The van der Waals surface area contributed by atoms with E-state index >= 15 is 0 Å². The van der Waals surface area contributed by atoms with Gasteiger partial charge in [0.05, 0.1) is 10.6 Å². The Morgan fingerprint density at radius 2 is 1.82 bits per heavy atom. The van der Waals surface area contributed by atoms with Gasteiger partial charge in [0.15, 0.2) is 0 Å². The molecule has 0 saturated carbocycles. The van der Waals surface area contributed by atoms with Gasteiger partial charge in [-0.3, -0.25) is 14.8 Å². The molecule has 0 aromatic heterocycles. The Morgan fingerprint density at radius 1 is 1.24 bits per heavy atom. The van der Waals surface area contributed by atoms with Crippen molar-refractivity contribution < 1.29 is 13.2 Å². The fourth-order valence-corrected chi connectivity index (χ4v) is 2.50. The number of hydrogen-bond acceptors (Lipinski definition) is 4. The minimum atomic E-state index is -3.69. The summed E-state index contributed by atoms with van der Waals surface area (Å²) in [6.07, 6.45) is 0.464. The average Bonchev–Trinajstić information content (AvgIpc) is 2.59. The Labute approximate surface area is 104 Å². The topological polar surface area (TPSA) is 57.7 Å². The van der Waals surface area contributed by atoms with E-state index < -0.39 is 9.05 Å². The van der Waals surface area contributed by atoms with E-state index in [-0.39, 0.29) is 10.8 Å². The summed E-state index contributed by atoms with van der Waals surface area (Å²) in [4.78, 5) is 11.4. The van der Waals surface area contributed by atoms with E-state index in [4.69, 9.17) is 10.7 Å². The third kappa shape index (κ3) is 2.37. The van der Waals surface area contributed by atoms with Crippen LogP contribution in [-0.4, -0.2) is 32.9 Å². The maximum Gasteiger partial charge on any atom is 0.261 e. The van der Waals surface area contributed by atoms with Crippen LogP contribution in [-0.2, 0) is 13.8 Å². The predicted molar refractivity (Wildman–Crippen MR) is 64.2 cm³/mol. The quantitative estimate of drug-likeness (QED) is 0.761. The Kier molecular flexibility index (Phi) is 3.01. The van der Waals surface area contributed by atoms with Crippen molar-refractivity contribution in [2.24, 2.45) is 0 Å². The number of rotatable bonds is 2. The number of hydrogen-bond donors (Lipinski definition) is 0. The number of hydrazine groups is 1. The third-order valence-corrected chi connectivity index (χ3v) is 4.05. The first-order chi connectivity index (χ1) is 7.89. The first-order valence-electron chi connectivity index (χ1n) is 4.98. The molecule has 1 aliphatic rings. The normalized spacial score (nSPS) is 16.7. The molecule has 0 aliphatic carbocycles. The summed E-state index contributed by atoms with van der Waals surface area (Å²) in [6, 6.07) is 6.11. The predicted octanol–water partition coefficient (Wildman–Crippen LogP) is 1.20. The van der Waals surface area contributed by atoms with Gasteiger partial charge in [-0.2, -0.15) is 0 Å². The number of nitrogens with zero attached hydrogens (tertiary/aromatic N) is 2. The monoisotopic (exact) mass is 274 g/mol. The molecular formula is C10H11ClN2O3S. The summed E-state index contributed by atoms with van der Waals surface area (Å²) < 4.78 is 22.1. The largest absolute Gasteiger partial charge is 0.283 e. The molecule has 1 saturated heterocycles. The first-order valence-corrected chi connectivity index (χ1v) is 7.29. The van der Waals surface area contributed by atoms with Crippen LogP contribution in [0.1, 0.15) is 6.42 Å². The molecule has 92 valence electrons. The molecule has 0 radical (unpaired) electrons. The van der Waals surface area contributed by atoms with Crippen molar-refractivity contribution in [3.05, 3.63) is 24.3 Å². The van der Waals surface area contributed by atoms with E-state index in [0.717, 1.165) is 5.69 Å². The number of anilines is 1. The van der Waals surface area contributed by atoms with Crippen LogP contribution in [0, 0.1) is 0 Å². The summed E-state index contributed by atoms with van der Waals surface area (Å²) in [6.45, 7) is 0.600. The molecule has 1 fully saturated rings. The molecule has 2 rings (SSSR count). The average molecular weight is 275 g/mol. The van der Waals surface area contributed by atoms with Crippen LogP contribution in [0.25, 0.3) is 0 Å². The molecule has 0 N–H and O–H groups in total. The second-order valence-corrected chi connectivity index (χ2v) is 6.29. The molecule has 1 amide bonds. The third-order valence-electron chi connectivity index (χ3n) is 2.68. The Balaban J connectivity index is 2.28. The van der Waals surface area contributed by atoms with Gasteiger partial charge in [-0.1, -0.05) is 0 Å². The lowest BCUT2D eigenvalue weighted by Crippen LogP contribution is -2.35. The highest BCUT2D eigenvalue weighted by Crippen LogP contribution is 2.24. The molecule has 17 heavy (non-hydrogen) atoms. The zero-order valence-electron chi connectivity index (χ0n) is 9.13. The van der Waals surface area contributed by atoms with E-state index in [1.165, 1.54) is 17.1 Å². The summed E-state index contributed by atoms with van der Waals surface area (Å²) in [7, 11) is 3.20. The Morgan fingerprint density at radius 3 is 2.24 bits per heavy atom. The van der Waals surface area contributed by atoms with Gasteiger partial charge in [-0.15, -0.1) is 0 Å². The van der Waals surface area contributed by atoms with E-state index in [1.54, 1.807) is 24.2 Å². The van der Waals surface area contributed by atoms with Crippen molar-refractivity contribution >= 4 is 31.3 Å². The SMILES string of the molecule is CN1C(=O)CCN1c1ccc(S(=O)(=O)Cl)cc1. The lowest BCUT2D eigenvalue weighted by Gasteiger charge is -2.26. The molecule has 1 heterocycles. The molecule has 0 unspecified atom stereocenters. The highest BCUT2D eigenvalue weighted by Gasteiger charge is 2.25. The van der Waals surface area contributed by atoms with Gasteiger partial charge in [0.25, 0.3) is 9.05 Å². The van der Waals surface area contributed by atoms with E-state index in [9.17, 15) is 13.2 Å². The Bertz CT molecular complexity index is 541. The summed E-state index contributed by atoms with van der Waals surface area (Å²) in [5.41, 5.74) is 0.766. The van der Waals surface area contributed by atoms with Crippen LogP contribution in [0.2, 0.25) is 0 Å². The van der Waals surface area contributed by atoms with Crippen LogP contribution >= 0.6 is 10.7 Å². The summed E-state index contributed by atoms with van der Waals surface area (Å²) >= 11 is 0. The van der Waals surface area contributed by atoms with Crippen molar-refractivity contribution in [3.63, 3.8) is 0 Å². The lowest BCUT2D eigenvalue weighted by molar-refractivity contribution is -0.126. The standard InChI is InChI=1S/C10H11ClN2O3S/c1-12-10(14)6-7-13(12)8-2-4-9(5-3-8)17(11,15)16/h2-5H,6-7H2,1H3. The summed E-state index contributed by atoms with van der Waals surface area (Å²) in [5, 5.41) is 3.30. The fraction of sp³-hybridized carbons (Fsp3) is 0.300. The van der Waals surface area contributed by atoms with Gasteiger partial charge in [0.1, 0.15) is 0 Å². The highest BCUT2D eigenvalue weighted by molar-refractivity contribution is 8.13. The molecule has 0 bridgehead atoms. The zero-order chi connectivity index (χ0) is 12.6. The van der Waals surface area contributed by atoms with Gasteiger partial charge in [-0.05, 0) is 24.3 Å². The van der Waals surface area contributed by atoms with Crippen LogP contribution in [0.3, 0.4) is 0 Å².